The summed E-state index contributed by atoms with van der Waals surface area (Å²) in [4.78, 5) is 3.26. The van der Waals surface area contributed by atoms with E-state index in [0.29, 0.717) is 6.04 Å². The average molecular weight is 212 g/mol. The van der Waals surface area contributed by atoms with E-state index in [4.69, 9.17) is 6.42 Å². The van der Waals surface area contributed by atoms with E-state index in [0.717, 1.165) is 13.0 Å². The Bertz CT molecular complexity index is 505. The van der Waals surface area contributed by atoms with Crippen LogP contribution in [0.3, 0.4) is 0 Å². The number of hydrogen-bond donors (Lipinski definition) is 2. The normalized spacial score (nSPS) is 12.5. The lowest BCUT2D eigenvalue weighted by Crippen LogP contribution is -2.24. The number of para-hydroxylation sites is 1. The maximum Gasteiger partial charge on any atom is 0.0457 e. The SMILES string of the molecule is C#CCC(C)NCc1c[nH]c2ccccc12. The topological polar surface area (TPSA) is 27.8 Å². The highest BCUT2D eigenvalue weighted by Crippen LogP contribution is 2.17. The average Bonchev–Trinajstić information content (AvgIpc) is 2.70. The van der Waals surface area contributed by atoms with Crippen molar-refractivity contribution in [1.82, 2.24) is 10.3 Å². The molecule has 1 atom stereocenters. The number of nitrogens with one attached hydrogen (secondary N) is 2. The van der Waals surface area contributed by atoms with Gasteiger partial charge >= 0.3 is 0 Å². The van der Waals surface area contributed by atoms with Crippen molar-refractivity contribution in [2.45, 2.75) is 25.9 Å². The molecule has 1 unspecified atom stereocenters. The fourth-order valence-corrected chi connectivity index (χ4v) is 1.81. The van der Waals surface area contributed by atoms with E-state index >= 15 is 0 Å². The van der Waals surface area contributed by atoms with E-state index in [2.05, 4.69) is 47.5 Å². The van der Waals surface area contributed by atoms with Gasteiger partial charge in [0.2, 0.25) is 0 Å². The molecular formula is C14H16N2. The van der Waals surface area contributed by atoms with E-state index in [9.17, 15) is 0 Å². The minimum atomic E-state index is 0.360. The van der Waals surface area contributed by atoms with Gasteiger partial charge in [-0.25, -0.2) is 0 Å². The summed E-state index contributed by atoms with van der Waals surface area (Å²) in [5.41, 5.74) is 2.48. The Kier molecular flexibility index (Phi) is 3.28. The Morgan fingerprint density at radius 2 is 2.25 bits per heavy atom. The second-order valence-corrected chi connectivity index (χ2v) is 4.05. The van der Waals surface area contributed by atoms with Gasteiger partial charge in [-0.3, -0.25) is 0 Å². The molecule has 1 aromatic heterocycles. The molecule has 16 heavy (non-hydrogen) atoms. The van der Waals surface area contributed by atoms with Crippen LogP contribution in [-0.4, -0.2) is 11.0 Å². The van der Waals surface area contributed by atoms with Crippen molar-refractivity contribution in [2.75, 3.05) is 0 Å². The molecule has 1 heterocycles. The van der Waals surface area contributed by atoms with Crippen LogP contribution in [0.5, 0.6) is 0 Å². The second kappa shape index (κ2) is 4.87. The van der Waals surface area contributed by atoms with Crippen LogP contribution in [0.1, 0.15) is 18.9 Å². The molecule has 0 bridgehead atoms. The van der Waals surface area contributed by atoms with Crippen LogP contribution in [0.4, 0.5) is 0 Å². The van der Waals surface area contributed by atoms with Gasteiger partial charge in [-0.05, 0) is 18.6 Å². The van der Waals surface area contributed by atoms with E-state index in [1.165, 1.54) is 16.5 Å². The number of H-pyrrole nitrogens is 1. The van der Waals surface area contributed by atoms with Gasteiger partial charge < -0.3 is 10.3 Å². The number of benzene rings is 1. The Morgan fingerprint density at radius 3 is 3.06 bits per heavy atom. The summed E-state index contributed by atoms with van der Waals surface area (Å²) in [5, 5.41) is 4.70. The quantitative estimate of drug-likeness (QED) is 0.749. The summed E-state index contributed by atoms with van der Waals surface area (Å²) in [6.45, 7) is 2.96. The lowest BCUT2D eigenvalue weighted by molar-refractivity contribution is 0.561. The molecule has 2 aromatic rings. The van der Waals surface area contributed by atoms with Crippen molar-refractivity contribution in [3.05, 3.63) is 36.0 Å². The fraction of sp³-hybridized carbons (Fsp3) is 0.286. The zero-order valence-corrected chi connectivity index (χ0v) is 9.46. The van der Waals surface area contributed by atoms with Crippen LogP contribution in [-0.2, 0) is 6.54 Å². The summed E-state index contributed by atoms with van der Waals surface area (Å²) in [6, 6.07) is 8.68. The van der Waals surface area contributed by atoms with E-state index in [1.54, 1.807) is 0 Å². The molecule has 1 aromatic carbocycles. The van der Waals surface area contributed by atoms with Crippen molar-refractivity contribution < 1.29 is 0 Å². The summed E-state index contributed by atoms with van der Waals surface area (Å²) >= 11 is 0. The minimum Gasteiger partial charge on any atom is -0.361 e. The molecule has 0 amide bonds. The van der Waals surface area contributed by atoms with Gasteiger partial charge in [-0.2, -0.15) is 0 Å². The lowest BCUT2D eigenvalue weighted by Gasteiger charge is -2.09. The highest BCUT2D eigenvalue weighted by atomic mass is 14.9. The molecule has 2 nitrogen and oxygen atoms in total. The highest BCUT2D eigenvalue weighted by Gasteiger charge is 2.04. The number of hydrogen-bond acceptors (Lipinski definition) is 1. The second-order valence-electron chi connectivity index (χ2n) is 4.05. The first kappa shape index (κ1) is 10.8. The molecule has 2 rings (SSSR count). The highest BCUT2D eigenvalue weighted by molar-refractivity contribution is 5.82. The first-order valence-corrected chi connectivity index (χ1v) is 5.53. The number of terminal acetylenes is 1. The standard InChI is InChI=1S/C14H16N2/c1-3-6-11(2)15-9-12-10-16-14-8-5-4-7-13(12)14/h1,4-5,7-8,10-11,15-16H,6,9H2,2H3. The molecule has 0 saturated carbocycles. The van der Waals surface area contributed by atoms with Crippen molar-refractivity contribution in [1.29, 1.82) is 0 Å². The Morgan fingerprint density at radius 1 is 1.44 bits per heavy atom. The molecule has 0 aliphatic heterocycles. The van der Waals surface area contributed by atoms with Gasteiger partial charge in [0.1, 0.15) is 0 Å². The van der Waals surface area contributed by atoms with Crippen LogP contribution in [0, 0.1) is 12.3 Å². The fourth-order valence-electron chi connectivity index (χ4n) is 1.81. The van der Waals surface area contributed by atoms with Crippen molar-refractivity contribution in [3.8, 4) is 12.3 Å². The molecule has 0 aliphatic carbocycles. The van der Waals surface area contributed by atoms with E-state index < -0.39 is 0 Å². The van der Waals surface area contributed by atoms with Crippen LogP contribution in [0.15, 0.2) is 30.5 Å². The van der Waals surface area contributed by atoms with Gasteiger partial charge in [0, 0.05) is 36.1 Å². The number of aromatic nitrogens is 1. The molecule has 2 heteroatoms. The minimum absolute atomic E-state index is 0.360. The van der Waals surface area contributed by atoms with Crippen LogP contribution < -0.4 is 5.32 Å². The third kappa shape index (κ3) is 2.26. The zero-order valence-electron chi connectivity index (χ0n) is 9.46. The summed E-state index contributed by atoms with van der Waals surface area (Å²) in [5.74, 6) is 2.66. The predicted octanol–water partition coefficient (Wildman–Crippen LogP) is 2.67. The molecule has 0 fully saturated rings. The van der Waals surface area contributed by atoms with E-state index in [-0.39, 0.29) is 0 Å². The maximum atomic E-state index is 5.27. The van der Waals surface area contributed by atoms with Gasteiger partial charge in [-0.15, -0.1) is 12.3 Å². The molecule has 0 aliphatic rings. The van der Waals surface area contributed by atoms with Gasteiger partial charge in [0.25, 0.3) is 0 Å². The monoisotopic (exact) mass is 212 g/mol. The number of aromatic amines is 1. The lowest BCUT2D eigenvalue weighted by atomic mass is 10.1. The number of fused-ring (bicyclic) bond motifs is 1. The molecule has 0 saturated heterocycles. The predicted molar refractivity (Wildman–Crippen MR) is 68.1 cm³/mol. The van der Waals surface area contributed by atoms with Gasteiger partial charge in [0.15, 0.2) is 0 Å². The Hall–Kier alpha value is -1.72. The summed E-state index contributed by atoms with van der Waals surface area (Å²) < 4.78 is 0. The summed E-state index contributed by atoms with van der Waals surface area (Å²) in [7, 11) is 0. The molecule has 0 radical (unpaired) electrons. The Balaban J connectivity index is 2.08. The molecule has 0 spiro atoms. The zero-order chi connectivity index (χ0) is 11.4. The van der Waals surface area contributed by atoms with Crippen molar-refractivity contribution in [3.63, 3.8) is 0 Å². The number of rotatable bonds is 4. The molecule has 2 N–H and O–H groups in total. The van der Waals surface area contributed by atoms with Gasteiger partial charge in [0.05, 0.1) is 0 Å². The smallest absolute Gasteiger partial charge is 0.0457 e. The first-order chi connectivity index (χ1) is 7.81. The van der Waals surface area contributed by atoms with Crippen LogP contribution in [0.25, 0.3) is 10.9 Å². The maximum absolute atomic E-state index is 5.27. The van der Waals surface area contributed by atoms with Crippen LogP contribution >= 0.6 is 0 Å². The third-order valence-corrected chi connectivity index (χ3v) is 2.74. The van der Waals surface area contributed by atoms with Crippen molar-refractivity contribution in [2.24, 2.45) is 0 Å². The van der Waals surface area contributed by atoms with Gasteiger partial charge in [-0.1, -0.05) is 18.2 Å². The molecule has 82 valence electrons. The summed E-state index contributed by atoms with van der Waals surface area (Å²) in [6.07, 6.45) is 8.09. The molecular weight excluding hydrogens is 196 g/mol. The Labute approximate surface area is 96.1 Å². The van der Waals surface area contributed by atoms with Crippen molar-refractivity contribution >= 4 is 10.9 Å². The third-order valence-electron chi connectivity index (χ3n) is 2.74. The van der Waals surface area contributed by atoms with E-state index in [1.807, 2.05) is 6.07 Å². The first-order valence-electron chi connectivity index (χ1n) is 5.53. The van der Waals surface area contributed by atoms with Crippen LogP contribution in [0.2, 0.25) is 0 Å². The largest absolute Gasteiger partial charge is 0.361 e.